The zero-order chi connectivity index (χ0) is 12.0. The lowest BCUT2D eigenvalue weighted by atomic mass is 9.93. The van der Waals surface area contributed by atoms with Gasteiger partial charge in [0.15, 0.2) is 0 Å². The van der Waals surface area contributed by atoms with Crippen molar-refractivity contribution in [3.05, 3.63) is 13.2 Å². The highest BCUT2D eigenvalue weighted by Gasteiger charge is 2.53. The lowest BCUT2D eigenvalue weighted by Crippen LogP contribution is -2.42. The molecule has 2 atom stereocenters. The van der Waals surface area contributed by atoms with E-state index in [0.717, 1.165) is 12.3 Å². The van der Waals surface area contributed by atoms with E-state index in [2.05, 4.69) is 6.92 Å². The maximum absolute atomic E-state index is 6.22. The fourth-order valence-electron chi connectivity index (χ4n) is 3.50. The van der Waals surface area contributed by atoms with E-state index in [1.807, 2.05) is 0 Å². The molecular weight excluding hydrogens is 259 g/mol. The molecule has 0 aromatic carbocycles. The Balaban J connectivity index is 1.59. The van der Waals surface area contributed by atoms with Crippen molar-refractivity contribution in [3.63, 3.8) is 0 Å². The summed E-state index contributed by atoms with van der Waals surface area (Å²) in [6.07, 6.45) is 6.84. The summed E-state index contributed by atoms with van der Waals surface area (Å²) in [5, 5.41) is 0. The van der Waals surface area contributed by atoms with Gasteiger partial charge in [0.25, 0.3) is 0 Å². The smallest absolute Gasteiger partial charge is 0.227 e. The van der Waals surface area contributed by atoms with Crippen molar-refractivity contribution >= 4 is 23.2 Å². The predicted molar refractivity (Wildman–Crippen MR) is 67.5 cm³/mol. The van der Waals surface area contributed by atoms with Crippen molar-refractivity contribution in [2.45, 2.75) is 55.1 Å². The molecule has 3 fully saturated rings. The second-order valence-corrected chi connectivity index (χ2v) is 7.20. The summed E-state index contributed by atoms with van der Waals surface area (Å²) < 4.78 is 11.0. The van der Waals surface area contributed by atoms with E-state index in [9.17, 15) is 0 Å². The van der Waals surface area contributed by atoms with E-state index in [0.29, 0.717) is 37.3 Å². The summed E-state index contributed by atoms with van der Waals surface area (Å²) in [7, 11) is 0. The third-order valence-corrected chi connectivity index (χ3v) is 4.85. The summed E-state index contributed by atoms with van der Waals surface area (Å²) in [6, 6.07) is 0. The van der Waals surface area contributed by atoms with Crippen LogP contribution in [0.5, 0.6) is 0 Å². The highest BCUT2D eigenvalue weighted by atomic mass is 35.5. The van der Waals surface area contributed by atoms with Gasteiger partial charge in [-0.15, -0.1) is 23.2 Å². The Morgan fingerprint density at radius 2 is 1.82 bits per heavy atom. The van der Waals surface area contributed by atoms with Crippen LogP contribution in [0, 0.1) is 25.0 Å². The number of hydrogen-bond donors (Lipinski definition) is 0. The van der Waals surface area contributed by atoms with Gasteiger partial charge in [0.2, 0.25) is 6.29 Å². The van der Waals surface area contributed by atoms with Crippen LogP contribution in [0.3, 0.4) is 0 Å². The van der Waals surface area contributed by atoms with Crippen molar-refractivity contribution < 1.29 is 9.47 Å². The number of rotatable bonds is 4. The van der Waals surface area contributed by atoms with Gasteiger partial charge >= 0.3 is 0 Å². The second kappa shape index (κ2) is 4.56. The molecule has 3 rings (SSSR count). The van der Waals surface area contributed by atoms with Gasteiger partial charge in [0.1, 0.15) is 4.33 Å². The van der Waals surface area contributed by atoms with Gasteiger partial charge in [-0.2, -0.15) is 0 Å². The van der Waals surface area contributed by atoms with Gasteiger partial charge in [-0.1, -0.05) is 13.3 Å². The molecule has 0 aromatic rings. The van der Waals surface area contributed by atoms with Crippen molar-refractivity contribution in [1.29, 1.82) is 0 Å². The first-order valence-corrected chi connectivity index (χ1v) is 7.19. The molecule has 0 spiro atoms. The first-order chi connectivity index (χ1) is 8.07. The highest BCUT2D eigenvalue weighted by molar-refractivity contribution is 6.48. The molecule has 96 valence electrons. The van der Waals surface area contributed by atoms with Crippen molar-refractivity contribution in [3.8, 4) is 0 Å². The van der Waals surface area contributed by atoms with Gasteiger partial charge in [-0.3, -0.25) is 0 Å². The molecule has 1 aliphatic heterocycles. The Bertz CT molecular complexity index is 279. The molecule has 1 heterocycles. The Labute approximate surface area is 113 Å². The maximum Gasteiger partial charge on any atom is 0.227 e. The van der Waals surface area contributed by atoms with E-state index in [1.54, 1.807) is 0 Å². The molecule has 0 amide bonds. The Morgan fingerprint density at radius 3 is 2.35 bits per heavy atom. The average Bonchev–Trinajstić information content (AvgIpc) is 2.73. The number of halogens is 2. The van der Waals surface area contributed by atoms with Crippen LogP contribution in [0.4, 0.5) is 0 Å². The summed E-state index contributed by atoms with van der Waals surface area (Å²) >= 11 is 12.4. The van der Waals surface area contributed by atoms with E-state index in [4.69, 9.17) is 32.7 Å². The maximum atomic E-state index is 6.22. The molecule has 2 nitrogen and oxygen atoms in total. The van der Waals surface area contributed by atoms with Crippen LogP contribution >= 0.6 is 23.2 Å². The Morgan fingerprint density at radius 1 is 1.18 bits per heavy atom. The minimum absolute atomic E-state index is 0.353. The van der Waals surface area contributed by atoms with E-state index >= 15 is 0 Å². The zero-order valence-corrected chi connectivity index (χ0v) is 11.3. The van der Waals surface area contributed by atoms with Gasteiger partial charge in [0.05, 0.1) is 12.2 Å². The summed E-state index contributed by atoms with van der Waals surface area (Å²) in [4.78, 5) is 0. The van der Waals surface area contributed by atoms with Crippen molar-refractivity contribution in [1.82, 2.24) is 0 Å². The fourth-order valence-corrected chi connectivity index (χ4v) is 3.99. The standard InChI is InChI=1S/C13H18Cl2O2/c1-2-3-13(14,15)7-12-16-10-5-8-4-9(10)11(6-8)17-12/h8-11H,1-7H2. The lowest BCUT2D eigenvalue weighted by molar-refractivity contribution is -0.199. The van der Waals surface area contributed by atoms with Gasteiger partial charge in [-0.25, -0.2) is 0 Å². The first kappa shape index (κ1) is 12.5. The van der Waals surface area contributed by atoms with Crippen LogP contribution in [-0.2, 0) is 9.47 Å². The largest absolute Gasteiger partial charge is 0.341 e. The van der Waals surface area contributed by atoms with Crippen LogP contribution in [0.25, 0.3) is 0 Å². The number of hydrogen-bond acceptors (Lipinski definition) is 2. The minimum Gasteiger partial charge on any atom is -0.341 e. The monoisotopic (exact) mass is 276 g/mol. The number of ether oxygens (including phenoxy) is 2. The average molecular weight is 277 g/mol. The van der Waals surface area contributed by atoms with Crippen LogP contribution in [-0.4, -0.2) is 16.5 Å². The number of alkyl halides is 2. The molecule has 4 heteroatoms. The molecule has 2 bridgehead atoms. The first-order valence-electron chi connectivity index (χ1n) is 6.43. The third-order valence-electron chi connectivity index (χ3n) is 4.20. The molecule has 3 aliphatic rings. The van der Waals surface area contributed by atoms with Crippen LogP contribution in [0.2, 0.25) is 0 Å². The van der Waals surface area contributed by atoms with E-state index in [-0.39, 0.29) is 0 Å². The molecular formula is C13H18Cl2O2. The van der Waals surface area contributed by atoms with Crippen LogP contribution in [0.15, 0.2) is 0 Å². The SMILES string of the molecule is [CH2]CCC(Cl)(Cl)C[C]1OC2CC3CC(O1)C2C3. The lowest BCUT2D eigenvalue weighted by Gasteiger charge is -2.40. The number of fused-ring (bicyclic) bond motifs is 1. The zero-order valence-electron chi connectivity index (χ0n) is 9.83. The molecule has 17 heavy (non-hydrogen) atoms. The third kappa shape index (κ3) is 2.47. The van der Waals surface area contributed by atoms with Gasteiger partial charge in [-0.05, 0) is 31.6 Å². The van der Waals surface area contributed by atoms with Gasteiger partial charge in [0, 0.05) is 12.3 Å². The fraction of sp³-hybridized carbons (Fsp3) is 0.846. The highest BCUT2D eigenvalue weighted by Crippen LogP contribution is 2.53. The second-order valence-electron chi connectivity index (χ2n) is 5.56. The van der Waals surface area contributed by atoms with E-state index < -0.39 is 4.33 Å². The summed E-state index contributed by atoms with van der Waals surface area (Å²) in [6.45, 7) is 3.78. The van der Waals surface area contributed by atoms with Crippen LogP contribution in [0.1, 0.15) is 38.5 Å². The predicted octanol–water partition coefficient (Wildman–Crippen LogP) is 3.87. The molecule has 2 unspecified atom stereocenters. The minimum atomic E-state index is -0.800. The summed E-state index contributed by atoms with van der Waals surface area (Å²) in [5.74, 6) is 1.42. The molecule has 1 saturated heterocycles. The normalized spacial score (nSPS) is 41.1. The Hall–Kier alpha value is 0.500. The quantitative estimate of drug-likeness (QED) is 0.726. The van der Waals surface area contributed by atoms with Crippen LogP contribution < -0.4 is 0 Å². The molecule has 0 N–H and O–H groups in total. The Kier molecular flexibility index (Phi) is 3.36. The topological polar surface area (TPSA) is 18.5 Å². The van der Waals surface area contributed by atoms with Crippen molar-refractivity contribution in [2.24, 2.45) is 11.8 Å². The van der Waals surface area contributed by atoms with E-state index in [1.165, 1.54) is 19.3 Å². The molecule has 2 aliphatic carbocycles. The summed E-state index contributed by atoms with van der Waals surface area (Å²) in [5.41, 5.74) is 0. The molecule has 2 radical (unpaired) electrons. The van der Waals surface area contributed by atoms with Crippen molar-refractivity contribution in [2.75, 3.05) is 0 Å². The molecule has 2 saturated carbocycles. The van der Waals surface area contributed by atoms with Gasteiger partial charge < -0.3 is 9.47 Å². The molecule has 0 aromatic heterocycles.